The van der Waals surface area contributed by atoms with Crippen LogP contribution in [0, 0.1) is 41.4 Å². The van der Waals surface area contributed by atoms with Crippen molar-refractivity contribution in [2.45, 2.75) is 131 Å². The summed E-state index contributed by atoms with van der Waals surface area (Å²) in [6.45, 7) is 12.1. The van der Waals surface area contributed by atoms with Gasteiger partial charge in [0.15, 0.2) is 0 Å². The molecule has 27 heavy (non-hydrogen) atoms. The van der Waals surface area contributed by atoms with E-state index in [0.717, 1.165) is 41.4 Å². The number of fused-ring (bicyclic) bond motifs is 1. The summed E-state index contributed by atoms with van der Waals surface area (Å²) in [5.74, 6) is 7.35. The van der Waals surface area contributed by atoms with Crippen LogP contribution in [0.5, 0.6) is 0 Å². The van der Waals surface area contributed by atoms with Crippen molar-refractivity contribution in [1.29, 1.82) is 0 Å². The van der Waals surface area contributed by atoms with Gasteiger partial charge in [0.25, 0.3) is 0 Å². The highest BCUT2D eigenvalue weighted by molar-refractivity contribution is 4.91. The van der Waals surface area contributed by atoms with Gasteiger partial charge in [-0.2, -0.15) is 0 Å². The van der Waals surface area contributed by atoms with Gasteiger partial charge < -0.3 is 0 Å². The minimum atomic E-state index is 1.00. The average molecular weight is 377 g/mol. The van der Waals surface area contributed by atoms with Crippen molar-refractivity contribution in [1.82, 2.24) is 0 Å². The zero-order chi connectivity index (χ0) is 19.6. The molecular weight excluding hydrogens is 324 g/mol. The van der Waals surface area contributed by atoms with Crippen LogP contribution in [0.4, 0.5) is 0 Å². The Hall–Kier alpha value is 0. The Morgan fingerprint density at radius 1 is 0.630 bits per heavy atom. The molecule has 0 aromatic heterocycles. The largest absolute Gasteiger partial charge is 0.0654 e. The first-order valence-electron chi connectivity index (χ1n) is 13.0. The summed E-state index contributed by atoms with van der Waals surface area (Å²) in [5.41, 5.74) is 0. The molecule has 0 spiro atoms. The Kier molecular flexibility index (Phi) is 10.8. The average Bonchev–Trinajstić information content (AvgIpc) is 3.32. The van der Waals surface area contributed by atoms with Gasteiger partial charge in [0.05, 0.1) is 0 Å². The molecule has 5 unspecified atom stereocenters. The van der Waals surface area contributed by atoms with Crippen LogP contribution in [-0.2, 0) is 0 Å². The third-order valence-electron chi connectivity index (χ3n) is 8.63. The molecule has 0 aromatic rings. The number of hydrogen-bond acceptors (Lipinski definition) is 0. The number of rotatable bonds is 2. The molecule has 0 radical (unpaired) electrons. The van der Waals surface area contributed by atoms with Crippen LogP contribution in [0.3, 0.4) is 0 Å². The summed E-state index contributed by atoms with van der Waals surface area (Å²) < 4.78 is 0. The summed E-state index contributed by atoms with van der Waals surface area (Å²) in [6, 6.07) is 0. The maximum atomic E-state index is 2.54. The minimum absolute atomic E-state index is 1.00. The normalized spacial score (nSPS) is 37.0. The summed E-state index contributed by atoms with van der Waals surface area (Å²) in [4.78, 5) is 0. The van der Waals surface area contributed by atoms with Crippen LogP contribution >= 0.6 is 0 Å². The quantitative estimate of drug-likeness (QED) is 0.450. The topological polar surface area (TPSA) is 0 Å². The fourth-order valence-corrected chi connectivity index (χ4v) is 6.86. The molecule has 4 aliphatic carbocycles. The second-order valence-corrected chi connectivity index (χ2v) is 11.0. The molecule has 0 nitrogen and oxygen atoms in total. The lowest BCUT2D eigenvalue weighted by molar-refractivity contribution is 0.0673. The Balaban J connectivity index is 0.000000167. The predicted molar refractivity (Wildman–Crippen MR) is 122 cm³/mol. The van der Waals surface area contributed by atoms with E-state index in [-0.39, 0.29) is 0 Å². The first-order valence-corrected chi connectivity index (χ1v) is 13.0. The standard InChI is InChI=1S/C14H26.C7H14.C6H12/c1-4-6-13-10(2)9-12-7-5-8-14(12)11(13)3;1-7-5-3-2-4-6-7;1-6-4-2-3-5-6/h10-14H,4-9H2,1-3H3;7H,2-6H2,1H3;6H,2-5H2,1H3. The summed E-state index contributed by atoms with van der Waals surface area (Å²) in [6.07, 6.45) is 22.4. The summed E-state index contributed by atoms with van der Waals surface area (Å²) in [7, 11) is 0. The van der Waals surface area contributed by atoms with Gasteiger partial charge in [0, 0.05) is 0 Å². The van der Waals surface area contributed by atoms with Gasteiger partial charge in [-0.1, -0.05) is 118 Å². The van der Waals surface area contributed by atoms with Gasteiger partial charge in [-0.05, 0) is 54.3 Å². The van der Waals surface area contributed by atoms with Crippen LogP contribution in [0.15, 0.2) is 0 Å². The van der Waals surface area contributed by atoms with E-state index in [2.05, 4.69) is 34.6 Å². The molecule has 5 atom stereocenters. The van der Waals surface area contributed by atoms with Gasteiger partial charge in [0.2, 0.25) is 0 Å². The zero-order valence-electron chi connectivity index (χ0n) is 19.6. The third-order valence-corrected chi connectivity index (χ3v) is 8.63. The Morgan fingerprint density at radius 3 is 1.63 bits per heavy atom. The predicted octanol–water partition coefficient (Wildman–Crippen LogP) is 9.28. The van der Waals surface area contributed by atoms with Gasteiger partial charge >= 0.3 is 0 Å². The molecule has 0 aromatic carbocycles. The van der Waals surface area contributed by atoms with E-state index in [4.69, 9.17) is 0 Å². The van der Waals surface area contributed by atoms with Crippen molar-refractivity contribution >= 4 is 0 Å². The van der Waals surface area contributed by atoms with E-state index in [1.54, 1.807) is 12.8 Å². The molecule has 4 saturated carbocycles. The van der Waals surface area contributed by atoms with Gasteiger partial charge in [-0.3, -0.25) is 0 Å². The van der Waals surface area contributed by atoms with Gasteiger partial charge in [0.1, 0.15) is 0 Å². The molecule has 0 heterocycles. The first-order chi connectivity index (χ1) is 13.0. The Morgan fingerprint density at radius 2 is 1.19 bits per heavy atom. The molecular formula is C27H52. The Bertz CT molecular complexity index is 360. The van der Waals surface area contributed by atoms with E-state index in [1.165, 1.54) is 83.5 Å². The lowest BCUT2D eigenvalue weighted by Gasteiger charge is -2.42. The first kappa shape index (κ1) is 23.3. The second-order valence-electron chi connectivity index (χ2n) is 11.0. The van der Waals surface area contributed by atoms with Crippen molar-refractivity contribution in [3.63, 3.8) is 0 Å². The highest BCUT2D eigenvalue weighted by Gasteiger charge is 2.41. The minimum Gasteiger partial charge on any atom is -0.0654 e. The van der Waals surface area contributed by atoms with Gasteiger partial charge in [-0.15, -0.1) is 0 Å². The van der Waals surface area contributed by atoms with E-state index in [0.29, 0.717) is 0 Å². The van der Waals surface area contributed by atoms with Gasteiger partial charge in [-0.25, -0.2) is 0 Å². The summed E-state index contributed by atoms with van der Waals surface area (Å²) >= 11 is 0. The fraction of sp³-hybridized carbons (Fsp3) is 1.00. The second kappa shape index (κ2) is 12.5. The van der Waals surface area contributed by atoms with Crippen molar-refractivity contribution < 1.29 is 0 Å². The maximum absolute atomic E-state index is 2.54. The molecule has 160 valence electrons. The van der Waals surface area contributed by atoms with Crippen molar-refractivity contribution in [3.8, 4) is 0 Å². The van der Waals surface area contributed by atoms with E-state index < -0.39 is 0 Å². The molecule has 4 aliphatic rings. The Labute approximate surface area is 172 Å². The molecule has 0 amide bonds. The third kappa shape index (κ3) is 7.74. The lowest BCUT2D eigenvalue weighted by Crippen LogP contribution is -2.35. The van der Waals surface area contributed by atoms with E-state index in [9.17, 15) is 0 Å². The van der Waals surface area contributed by atoms with Crippen LogP contribution in [0.2, 0.25) is 0 Å². The van der Waals surface area contributed by atoms with Crippen LogP contribution in [0.25, 0.3) is 0 Å². The molecule has 0 bridgehead atoms. The highest BCUT2D eigenvalue weighted by Crippen LogP contribution is 2.50. The highest BCUT2D eigenvalue weighted by atomic mass is 14.5. The SMILES string of the molecule is CC1CCCC1.CC1CCCCC1.CCCC1C(C)CC2CCCC2C1C. The molecule has 0 aliphatic heterocycles. The zero-order valence-corrected chi connectivity index (χ0v) is 19.6. The lowest BCUT2D eigenvalue weighted by atomic mass is 9.63. The van der Waals surface area contributed by atoms with Crippen molar-refractivity contribution in [3.05, 3.63) is 0 Å². The maximum Gasteiger partial charge on any atom is -0.0357 e. The van der Waals surface area contributed by atoms with Crippen molar-refractivity contribution in [2.75, 3.05) is 0 Å². The monoisotopic (exact) mass is 376 g/mol. The van der Waals surface area contributed by atoms with Crippen LogP contribution in [0.1, 0.15) is 131 Å². The summed E-state index contributed by atoms with van der Waals surface area (Å²) in [5, 5.41) is 0. The van der Waals surface area contributed by atoms with Crippen molar-refractivity contribution in [2.24, 2.45) is 41.4 Å². The molecule has 4 fully saturated rings. The smallest absolute Gasteiger partial charge is 0.0357 e. The van der Waals surface area contributed by atoms with E-state index in [1.807, 2.05) is 0 Å². The van der Waals surface area contributed by atoms with Crippen LogP contribution in [-0.4, -0.2) is 0 Å². The van der Waals surface area contributed by atoms with E-state index >= 15 is 0 Å². The molecule has 0 N–H and O–H groups in total. The molecule has 0 saturated heterocycles. The van der Waals surface area contributed by atoms with Crippen LogP contribution < -0.4 is 0 Å². The fourth-order valence-electron chi connectivity index (χ4n) is 6.86. The number of hydrogen-bond donors (Lipinski definition) is 0. The molecule has 0 heteroatoms. The molecule has 4 rings (SSSR count).